The number of nitrogens with zero attached hydrogens (tertiary/aromatic N) is 2. The summed E-state index contributed by atoms with van der Waals surface area (Å²) in [5.41, 5.74) is 2.34. The molecule has 0 bridgehead atoms. The summed E-state index contributed by atoms with van der Waals surface area (Å²) in [6.07, 6.45) is 6.72. The summed E-state index contributed by atoms with van der Waals surface area (Å²) < 4.78 is 0. The number of benzene rings is 1. The molecule has 1 aromatic carbocycles. The molecular formula is C18H21ClN2. The fourth-order valence-corrected chi connectivity index (χ4v) is 3.65. The van der Waals surface area contributed by atoms with Crippen LogP contribution in [0.4, 0.5) is 0 Å². The summed E-state index contributed by atoms with van der Waals surface area (Å²) in [6.45, 7) is 2.16. The van der Waals surface area contributed by atoms with Gasteiger partial charge in [0.05, 0.1) is 5.41 Å². The van der Waals surface area contributed by atoms with Gasteiger partial charge in [-0.2, -0.15) is 0 Å². The molecule has 3 rings (SSSR count). The van der Waals surface area contributed by atoms with E-state index >= 15 is 0 Å². The fourth-order valence-electron chi connectivity index (χ4n) is 3.44. The molecule has 1 saturated carbocycles. The molecule has 1 fully saturated rings. The van der Waals surface area contributed by atoms with Crippen LogP contribution in [0.2, 0.25) is 5.15 Å². The molecule has 1 heterocycles. The Balaban J connectivity index is 2.10. The lowest BCUT2D eigenvalue weighted by Crippen LogP contribution is -2.27. The molecule has 0 unspecified atom stereocenters. The van der Waals surface area contributed by atoms with Gasteiger partial charge in [-0.05, 0) is 30.9 Å². The monoisotopic (exact) mass is 300 g/mol. The van der Waals surface area contributed by atoms with Crippen molar-refractivity contribution in [2.24, 2.45) is 0 Å². The van der Waals surface area contributed by atoms with E-state index in [0.717, 1.165) is 37.2 Å². The van der Waals surface area contributed by atoms with Crippen LogP contribution in [0.15, 0.2) is 36.4 Å². The highest BCUT2D eigenvalue weighted by Crippen LogP contribution is 2.45. The largest absolute Gasteiger partial charge is 0.237 e. The number of aromatic nitrogens is 2. The number of hydrogen-bond acceptors (Lipinski definition) is 2. The summed E-state index contributed by atoms with van der Waals surface area (Å²) in [4.78, 5) is 9.46. The molecule has 0 amide bonds. The van der Waals surface area contributed by atoms with Gasteiger partial charge in [-0.1, -0.05) is 68.1 Å². The first-order valence-corrected chi connectivity index (χ1v) is 8.22. The Kier molecular flexibility index (Phi) is 4.25. The summed E-state index contributed by atoms with van der Waals surface area (Å²) in [7, 11) is 0. The van der Waals surface area contributed by atoms with Crippen molar-refractivity contribution in [3.8, 4) is 0 Å². The van der Waals surface area contributed by atoms with E-state index in [9.17, 15) is 0 Å². The van der Waals surface area contributed by atoms with Gasteiger partial charge in [0.25, 0.3) is 0 Å². The zero-order chi connectivity index (χ0) is 14.7. The van der Waals surface area contributed by atoms with Gasteiger partial charge in [0.1, 0.15) is 11.0 Å². The molecule has 0 saturated heterocycles. The maximum atomic E-state index is 6.26. The zero-order valence-corrected chi connectivity index (χ0v) is 13.2. The van der Waals surface area contributed by atoms with Crippen LogP contribution in [0.3, 0.4) is 0 Å². The van der Waals surface area contributed by atoms with Crippen LogP contribution in [-0.4, -0.2) is 9.97 Å². The van der Waals surface area contributed by atoms with E-state index in [1.165, 1.54) is 18.4 Å². The molecule has 3 heteroatoms. The molecule has 2 nitrogen and oxygen atoms in total. The second-order valence-electron chi connectivity index (χ2n) is 5.91. The minimum absolute atomic E-state index is 0.0470. The van der Waals surface area contributed by atoms with Crippen molar-refractivity contribution in [1.82, 2.24) is 9.97 Å². The van der Waals surface area contributed by atoms with E-state index in [-0.39, 0.29) is 5.41 Å². The Hall–Kier alpha value is -1.41. The SMILES string of the molecule is CCCc1cc(Cl)nc(C2(c3ccccc3)CCCC2)n1. The van der Waals surface area contributed by atoms with Crippen molar-refractivity contribution in [2.45, 2.75) is 50.9 Å². The van der Waals surface area contributed by atoms with Gasteiger partial charge in [0.15, 0.2) is 0 Å². The smallest absolute Gasteiger partial charge is 0.140 e. The Morgan fingerprint density at radius 3 is 2.48 bits per heavy atom. The molecular weight excluding hydrogens is 280 g/mol. The highest BCUT2D eigenvalue weighted by atomic mass is 35.5. The highest BCUT2D eigenvalue weighted by Gasteiger charge is 2.40. The first-order chi connectivity index (χ1) is 10.2. The summed E-state index contributed by atoms with van der Waals surface area (Å²) in [6, 6.07) is 12.6. The average Bonchev–Trinajstić information content (AvgIpc) is 2.99. The van der Waals surface area contributed by atoms with E-state index in [1.54, 1.807) is 0 Å². The van der Waals surface area contributed by atoms with Crippen molar-refractivity contribution in [1.29, 1.82) is 0 Å². The van der Waals surface area contributed by atoms with Gasteiger partial charge < -0.3 is 0 Å². The number of hydrogen-bond donors (Lipinski definition) is 0. The third kappa shape index (κ3) is 2.82. The second kappa shape index (κ2) is 6.15. The minimum Gasteiger partial charge on any atom is -0.237 e. The molecule has 0 spiro atoms. The van der Waals surface area contributed by atoms with E-state index in [1.807, 2.05) is 6.07 Å². The molecule has 1 aliphatic carbocycles. The summed E-state index contributed by atoms with van der Waals surface area (Å²) in [5, 5.41) is 0.575. The number of halogens is 1. The van der Waals surface area contributed by atoms with Crippen LogP contribution in [-0.2, 0) is 11.8 Å². The summed E-state index contributed by atoms with van der Waals surface area (Å²) >= 11 is 6.26. The third-order valence-corrected chi connectivity index (χ3v) is 4.66. The Morgan fingerprint density at radius 2 is 1.81 bits per heavy atom. The first kappa shape index (κ1) is 14.5. The molecule has 2 aromatic rings. The molecule has 0 radical (unpaired) electrons. The molecule has 1 aliphatic rings. The lowest BCUT2D eigenvalue weighted by atomic mass is 9.78. The third-order valence-electron chi connectivity index (χ3n) is 4.47. The minimum atomic E-state index is -0.0470. The molecule has 1 aromatic heterocycles. The van der Waals surface area contributed by atoms with E-state index in [4.69, 9.17) is 16.6 Å². The molecule has 0 aliphatic heterocycles. The summed E-state index contributed by atoms with van der Waals surface area (Å²) in [5.74, 6) is 0.919. The maximum absolute atomic E-state index is 6.26. The predicted molar refractivity (Wildman–Crippen MR) is 86.7 cm³/mol. The van der Waals surface area contributed by atoms with Crippen molar-refractivity contribution in [3.63, 3.8) is 0 Å². The van der Waals surface area contributed by atoms with Gasteiger partial charge in [0, 0.05) is 5.69 Å². The van der Waals surface area contributed by atoms with Crippen molar-refractivity contribution in [3.05, 3.63) is 58.6 Å². The first-order valence-electron chi connectivity index (χ1n) is 7.84. The standard InChI is InChI=1S/C18H21ClN2/c1-2-8-15-13-16(19)21-17(20-15)18(11-6-7-12-18)14-9-4-3-5-10-14/h3-5,9-10,13H,2,6-8,11-12H2,1H3. The van der Waals surface area contributed by atoms with Gasteiger partial charge in [-0.25, -0.2) is 9.97 Å². The normalized spacial score (nSPS) is 17.0. The van der Waals surface area contributed by atoms with E-state index < -0.39 is 0 Å². The molecule has 0 N–H and O–H groups in total. The maximum Gasteiger partial charge on any atom is 0.140 e. The van der Waals surface area contributed by atoms with Crippen LogP contribution >= 0.6 is 11.6 Å². The van der Waals surface area contributed by atoms with Crippen molar-refractivity contribution in [2.75, 3.05) is 0 Å². The van der Waals surface area contributed by atoms with Crippen LogP contribution in [0.1, 0.15) is 56.1 Å². The number of rotatable bonds is 4. The Morgan fingerprint density at radius 1 is 1.10 bits per heavy atom. The van der Waals surface area contributed by atoms with E-state index in [0.29, 0.717) is 5.15 Å². The quantitative estimate of drug-likeness (QED) is 0.747. The lowest BCUT2D eigenvalue weighted by molar-refractivity contribution is 0.496. The Labute approximate surface area is 131 Å². The Bertz CT molecular complexity index is 604. The average molecular weight is 301 g/mol. The topological polar surface area (TPSA) is 25.8 Å². The van der Waals surface area contributed by atoms with Crippen molar-refractivity contribution >= 4 is 11.6 Å². The molecule has 110 valence electrons. The molecule has 0 atom stereocenters. The van der Waals surface area contributed by atoms with Crippen molar-refractivity contribution < 1.29 is 0 Å². The van der Waals surface area contributed by atoms with Crippen LogP contribution in [0.25, 0.3) is 0 Å². The van der Waals surface area contributed by atoms with E-state index in [2.05, 4.69) is 42.2 Å². The zero-order valence-electron chi connectivity index (χ0n) is 12.5. The van der Waals surface area contributed by atoms with Gasteiger partial charge in [-0.3, -0.25) is 0 Å². The fraction of sp³-hybridized carbons (Fsp3) is 0.444. The van der Waals surface area contributed by atoms with Gasteiger partial charge in [0.2, 0.25) is 0 Å². The van der Waals surface area contributed by atoms with Crippen LogP contribution in [0.5, 0.6) is 0 Å². The van der Waals surface area contributed by atoms with Gasteiger partial charge >= 0.3 is 0 Å². The second-order valence-corrected chi connectivity index (χ2v) is 6.30. The lowest BCUT2D eigenvalue weighted by Gasteiger charge is -2.28. The van der Waals surface area contributed by atoms with Crippen LogP contribution in [0, 0.1) is 0 Å². The van der Waals surface area contributed by atoms with Gasteiger partial charge in [-0.15, -0.1) is 0 Å². The number of aryl methyl sites for hydroxylation is 1. The van der Waals surface area contributed by atoms with Crippen LogP contribution < -0.4 is 0 Å². The molecule has 21 heavy (non-hydrogen) atoms. The predicted octanol–water partition coefficient (Wildman–Crippen LogP) is 4.94. The highest BCUT2D eigenvalue weighted by molar-refractivity contribution is 6.29.